The molecule has 4 rings (SSSR count). The maximum Gasteiger partial charge on any atom is 0.410 e. The fourth-order valence-electron chi connectivity index (χ4n) is 4.97. The smallest absolute Gasteiger partial charge is 0.410 e. The van der Waals surface area contributed by atoms with Crippen LogP contribution in [0.2, 0.25) is 0 Å². The minimum atomic E-state index is -0.509. The van der Waals surface area contributed by atoms with Gasteiger partial charge in [-0.15, -0.1) is 0 Å². The molecule has 2 aliphatic heterocycles. The van der Waals surface area contributed by atoms with E-state index in [0.29, 0.717) is 31.7 Å². The number of aromatic nitrogens is 2. The number of ether oxygens (including phenoxy) is 2. The molecule has 0 radical (unpaired) electrons. The lowest BCUT2D eigenvalue weighted by molar-refractivity contribution is 0.0202. The van der Waals surface area contributed by atoms with E-state index >= 15 is 0 Å². The zero-order chi connectivity index (χ0) is 25.2. The van der Waals surface area contributed by atoms with E-state index in [1.807, 2.05) is 55.6 Å². The van der Waals surface area contributed by atoms with Crippen LogP contribution >= 0.6 is 0 Å². The van der Waals surface area contributed by atoms with Crippen molar-refractivity contribution >= 4 is 17.7 Å². The van der Waals surface area contributed by atoms with Crippen LogP contribution in [-0.2, 0) is 11.8 Å². The minimum Gasteiger partial charge on any atom is -0.495 e. The van der Waals surface area contributed by atoms with E-state index in [1.165, 1.54) is 0 Å². The molecule has 0 aliphatic carbocycles. The minimum absolute atomic E-state index is 0.0300. The standard InChI is InChI=1S/C26H37N5O4/c1-26(2,3)35-25(33)31-12-10-19(11-13-31)23-20(18-27-28(23)4)24(32)30-16-14-29(15-17-30)21-8-6-7-9-22(21)34-5/h6-9,18-19H,10-17H2,1-5H3. The first kappa shape index (κ1) is 24.9. The molecular formula is C26H37N5O4. The average molecular weight is 484 g/mol. The molecule has 2 aromatic rings. The summed E-state index contributed by atoms with van der Waals surface area (Å²) in [5.74, 6) is 1.05. The topological polar surface area (TPSA) is 80.1 Å². The van der Waals surface area contributed by atoms with Crippen molar-refractivity contribution in [1.82, 2.24) is 19.6 Å². The Hall–Kier alpha value is -3.23. The Balaban J connectivity index is 1.39. The van der Waals surface area contributed by atoms with Crippen molar-refractivity contribution in [2.45, 2.75) is 45.1 Å². The Bertz CT molecular complexity index is 1040. The Morgan fingerprint density at radius 2 is 1.63 bits per heavy atom. The van der Waals surface area contributed by atoms with Gasteiger partial charge in [0.2, 0.25) is 0 Å². The Kier molecular flexibility index (Phi) is 7.23. The van der Waals surface area contributed by atoms with Gasteiger partial charge in [-0.3, -0.25) is 9.48 Å². The molecule has 0 N–H and O–H groups in total. The summed E-state index contributed by atoms with van der Waals surface area (Å²) < 4.78 is 12.9. The predicted octanol–water partition coefficient (Wildman–Crippen LogP) is 3.51. The number of carbonyl (C=O) groups is 2. The van der Waals surface area contributed by atoms with E-state index in [1.54, 1.807) is 18.2 Å². The van der Waals surface area contributed by atoms with Crippen molar-refractivity contribution in [2.75, 3.05) is 51.3 Å². The molecule has 0 bridgehead atoms. The summed E-state index contributed by atoms with van der Waals surface area (Å²) in [6.45, 7) is 9.62. The number of benzene rings is 1. The highest BCUT2D eigenvalue weighted by molar-refractivity contribution is 5.95. The van der Waals surface area contributed by atoms with E-state index in [0.717, 1.165) is 43.1 Å². The number of piperidine rings is 1. The van der Waals surface area contributed by atoms with E-state index in [2.05, 4.69) is 16.1 Å². The summed E-state index contributed by atoms with van der Waals surface area (Å²) >= 11 is 0. The third-order valence-electron chi connectivity index (χ3n) is 6.74. The first-order chi connectivity index (χ1) is 16.7. The third kappa shape index (κ3) is 5.55. The van der Waals surface area contributed by atoms with Crippen molar-refractivity contribution in [3.8, 4) is 5.75 Å². The molecule has 2 saturated heterocycles. The van der Waals surface area contributed by atoms with Crippen LogP contribution in [-0.4, -0.2) is 83.6 Å². The largest absolute Gasteiger partial charge is 0.495 e. The number of anilines is 1. The van der Waals surface area contributed by atoms with Crippen molar-refractivity contribution in [3.63, 3.8) is 0 Å². The Morgan fingerprint density at radius 1 is 0.971 bits per heavy atom. The number of hydrogen-bond donors (Lipinski definition) is 0. The first-order valence-electron chi connectivity index (χ1n) is 12.3. The molecule has 35 heavy (non-hydrogen) atoms. The second-order valence-electron chi connectivity index (χ2n) is 10.3. The Labute approximate surface area is 207 Å². The van der Waals surface area contributed by atoms with Gasteiger partial charge in [0.15, 0.2) is 0 Å². The second-order valence-corrected chi connectivity index (χ2v) is 10.3. The van der Waals surface area contributed by atoms with Gasteiger partial charge in [-0.2, -0.15) is 5.10 Å². The van der Waals surface area contributed by atoms with Gasteiger partial charge in [0, 0.05) is 52.2 Å². The zero-order valence-electron chi connectivity index (χ0n) is 21.5. The van der Waals surface area contributed by atoms with Gasteiger partial charge >= 0.3 is 6.09 Å². The van der Waals surface area contributed by atoms with Crippen LogP contribution in [0.15, 0.2) is 30.5 Å². The van der Waals surface area contributed by atoms with Gasteiger partial charge in [-0.1, -0.05) is 12.1 Å². The van der Waals surface area contributed by atoms with Crippen molar-refractivity contribution in [2.24, 2.45) is 7.05 Å². The number of amides is 2. The number of hydrogen-bond acceptors (Lipinski definition) is 6. The molecule has 3 heterocycles. The normalized spacial score (nSPS) is 17.5. The summed E-state index contributed by atoms with van der Waals surface area (Å²) in [5, 5.41) is 4.43. The van der Waals surface area contributed by atoms with E-state index in [-0.39, 0.29) is 17.9 Å². The van der Waals surface area contributed by atoms with Crippen molar-refractivity contribution in [3.05, 3.63) is 41.7 Å². The lowest BCUT2D eigenvalue weighted by atomic mass is 9.91. The average Bonchev–Trinajstić information content (AvgIpc) is 3.24. The summed E-state index contributed by atoms with van der Waals surface area (Å²) in [6, 6.07) is 7.98. The number of methoxy groups -OCH3 is 1. The van der Waals surface area contributed by atoms with E-state index in [9.17, 15) is 9.59 Å². The molecule has 190 valence electrons. The van der Waals surface area contributed by atoms with Crippen LogP contribution in [0, 0.1) is 0 Å². The van der Waals surface area contributed by atoms with Gasteiger partial charge in [-0.25, -0.2) is 4.79 Å². The Morgan fingerprint density at radius 3 is 2.26 bits per heavy atom. The van der Waals surface area contributed by atoms with Crippen molar-refractivity contribution < 1.29 is 19.1 Å². The lowest BCUT2D eigenvalue weighted by Gasteiger charge is -2.37. The van der Waals surface area contributed by atoms with Crippen LogP contribution in [0.3, 0.4) is 0 Å². The molecule has 0 unspecified atom stereocenters. The van der Waals surface area contributed by atoms with Gasteiger partial charge in [0.25, 0.3) is 5.91 Å². The van der Waals surface area contributed by atoms with Gasteiger partial charge in [0.05, 0.1) is 30.3 Å². The molecule has 1 aromatic heterocycles. The van der Waals surface area contributed by atoms with Crippen LogP contribution < -0.4 is 9.64 Å². The molecular weight excluding hydrogens is 446 g/mol. The fraction of sp³-hybridized carbons (Fsp3) is 0.577. The maximum atomic E-state index is 13.5. The first-order valence-corrected chi connectivity index (χ1v) is 12.3. The zero-order valence-corrected chi connectivity index (χ0v) is 21.5. The number of piperazine rings is 1. The summed E-state index contributed by atoms with van der Waals surface area (Å²) in [4.78, 5) is 31.9. The monoisotopic (exact) mass is 483 g/mol. The number of nitrogens with zero attached hydrogens (tertiary/aromatic N) is 5. The van der Waals surface area contributed by atoms with Gasteiger partial charge in [-0.05, 0) is 45.7 Å². The molecule has 9 nitrogen and oxygen atoms in total. The number of para-hydroxylation sites is 2. The molecule has 1 aromatic carbocycles. The maximum absolute atomic E-state index is 13.5. The van der Waals surface area contributed by atoms with Crippen LogP contribution in [0.1, 0.15) is 55.6 Å². The molecule has 2 fully saturated rings. The number of aryl methyl sites for hydroxylation is 1. The number of rotatable bonds is 4. The summed E-state index contributed by atoms with van der Waals surface area (Å²) in [6.07, 6.45) is 2.98. The molecule has 9 heteroatoms. The van der Waals surface area contributed by atoms with Crippen molar-refractivity contribution in [1.29, 1.82) is 0 Å². The van der Waals surface area contributed by atoms with Crippen LogP contribution in [0.25, 0.3) is 0 Å². The fourth-order valence-corrected chi connectivity index (χ4v) is 4.97. The van der Waals surface area contributed by atoms with Gasteiger partial charge in [0.1, 0.15) is 11.4 Å². The molecule has 0 spiro atoms. The SMILES string of the molecule is COc1ccccc1N1CCN(C(=O)c2cnn(C)c2C2CCN(C(=O)OC(C)(C)C)CC2)CC1. The molecule has 0 saturated carbocycles. The highest BCUT2D eigenvalue weighted by atomic mass is 16.6. The molecule has 2 amide bonds. The van der Waals surface area contributed by atoms with Crippen LogP contribution in [0.4, 0.5) is 10.5 Å². The highest BCUT2D eigenvalue weighted by Gasteiger charge is 2.33. The quantitative estimate of drug-likeness (QED) is 0.662. The van der Waals surface area contributed by atoms with E-state index < -0.39 is 5.60 Å². The van der Waals surface area contributed by atoms with E-state index in [4.69, 9.17) is 9.47 Å². The van der Waals surface area contributed by atoms with Gasteiger partial charge < -0.3 is 24.2 Å². The van der Waals surface area contributed by atoms with Crippen LogP contribution in [0.5, 0.6) is 5.75 Å². The number of likely N-dealkylation sites (tertiary alicyclic amines) is 1. The molecule has 2 aliphatic rings. The summed E-state index contributed by atoms with van der Waals surface area (Å²) in [5.41, 5.74) is 2.19. The predicted molar refractivity (Wildman–Crippen MR) is 134 cm³/mol. The summed E-state index contributed by atoms with van der Waals surface area (Å²) in [7, 11) is 3.58. The highest BCUT2D eigenvalue weighted by Crippen LogP contribution is 2.32. The lowest BCUT2D eigenvalue weighted by Crippen LogP contribution is -2.49. The number of carbonyl (C=O) groups excluding carboxylic acids is 2. The second kappa shape index (κ2) is 10.2. The third-order valence-corrected chi connectivity index (χ3v) is 6.74. The molecule has 0 atom stereocenters.